The van der Waals surface area contributed by atoms with Crippen LogP contribution >= 0.6 is 15.9 Å². The Balaban J connectivity index is 2.15. The first-order valence-electron chi connectivity index (χ1n) is 5.50. The highest BCUT2D eigenvalue weighted by Crippen LogP contribution is 2.24. The molecule has 0 spiro atoms. The molecule has 0 fully saturated rings. The lowest BCUT2D eigenvalue weighted by Crippen LogP contribution is -2.02. The summed E-state index contributed by atoms with van der Waals surface area (Å²) in [6.45, 7) is 6.71. The predicted octanol–water partition coefficient (Wildman–Crippen LogP) is 3.97. The Labute approximate surface area is 109 Å². The largest absolute Gasteiger partial charge is 0.381 e. The standard InChI is InChI=1S/C13H15BrN2O/c1-8-12(14)5-4-6-13(8)15-7-11-9(2)16-17-10(11)3/h4-6,15H,7H2,1-3H3. The van der Waals surface area contributed by atoms with Gasteiger partial charge in [-0.1, -0.05) is 27.2 Å². The molecular weight excluding hydrogens is 280 g/mol. The normalized spacial score (nSPS) is 10.6. The van der Waals surface area contributed by atoms with Gasteiger partial charge in [-0.15, -0.1) is 0 Å². The van der Waals surface area contributed by atoms with E-state index >= 15 is 0 Å². The Morgan fingerprint density at radius 1 is 1.29 bits per heavy atom. The van der Waals surface area contributed by atoms with Crippen molar-refractivity contribution in [2.45, 2.75) is 27.3 Å². The van der Waals surface area contributed by atoms with Gasteiger partial charge in [0.05, 0.1) is 5.69 Å². The average molecular weight is 295 g/mol. The van der Waals surface area contributed by atoms with Crippen LogP contribution in [0, 0.1) is 20.8 Å². The molecule has 3 nitrogen and oxygen atoms in total. The highest BCUT2D eigenvalue weighted by atomic mass is 79.9. The van der Waals surface area contributed by atoms with Gasteiger partial charge in [0.1, 0.15) is 5.76 Å². The van der Waals surface area contributed by atoms with Crippen LogP contribution in [0.15, 0.2) is 27.2 Å². The van der Waals surface area contributed by atoms with Gasteiger partial charge < -0.3 is 9.84 Å². The molecule has 4 heteroatoms. The van der Waals surface area contributed by atoms with Crippen molar-refractivity contribution in [1.82, 2.24) is 5.16 Å². The molecule has 0 radical (unpaired) electrons. The molecule has 90 valence electrons. The van der Waals surface area contributed by atoms with Crippen molar-refractivity contribution in [2.24, 2.45) is 0 Å². The molecule has 0 saturated heterocycles. The van der Waals surface area contributed by atoms with Crippen molar-refractivity contribution < 1.29 is 4.52 Å². The molecule has 0 aliphatic carbocycles. The zero-order valence-corrected chi connectivity index (χ0v) is 11.8. The first-order chi connectivity index (χ1) is 8.09. The fraction of sp³-hybridized carbons (Fsp3) is 0.308. The van der Waals surface area contributed by atoms with Crippen LogP contribution in [0.5, 0.6) is 0 Å². The van der Waals surface area contributed by atoms with Crippen LogP contribution in [0.2, 0.25) is 0 Å². The molecule has 0 unspecified atom stereocenters. The van der Waals surface area contributed by atoms with Crippen LogP contribution in [0.1, 0.15) is 22.6 Å². The van der Waals surface area contributed by atoms with Crippen molar-refractivity contribution in [3.63, 3.8) is 0 Å². The van der Waals surface area contributed by atoms with Gasteiger partial charge in [-0.2, -0.15) is 0 Å². The van der Waals surface area contributed by atoms with E-state index < -0.39 is 0 Å². The molecule has 1 aromatic carbocycles. The molecule has 2 aromatic rings. The number of hydrogen-bond donors (Lipinski definition) is 1. The van der Waals surface area contributed by atoms with Crippen LogP contribution in [0.25, 0.3) is 0 Å². The van der Waals surface area contributed by atoms with E-state index in [2.05, 4.69) is 39.4 Å². The first-order valence-corrected chi connectivity index (χ1v) is 6.29. The predicted molar refractivity (Wildman–Crippen MR) is 72.2 cm³/mol. The summed E-state index contributed by atoms with van der Waals surface area (Å²) in [6.07, 6.45) is 0. The van der Waals surface area contributed by atoms with Gasteiger partial charge in [-0.05, 0) is 38.5 Å². The van der Waals surface area contributed by atoms with Gasteiger partial charge in [-0.25, -0.2) is 0 Å². The molecule has 1 heterocycles. The minimum Gasteiger partial charge on any atom is -0.381 e. The summed E-state index contributed by atoms with van der Waals surface area (Å²) in [5.41, 5.74) is 4.41. The molecule has 2 rings (SSSR count). The SMILES string of the molecule is Cc1noc(C)c1CNc1cccc(Br)c1C. The second-order valence-electron chi connectivity index (χ2n) is 4.07. The zero-order valence-electron chi connectivity index (χ0n) is 10.2. The molecule has 0 amide bonds. The number of aryl methyl sites for hydroxylation is 2. The van der Waals surface area contributed by atoms with E-state index in [1.165, 1.54) is 5.56 Å². The van der Waals surface area contributed by atoms with Crippen LogP contribution in [0.3, 0.4) is 0 Å². The zero-order chi connectivity index (χ0) is 12.4. The quantitative estimate of drug-likeness (QED) is 0.931. The molecule has 1 aromatic heterocycles. The molecule has 0 saturated carbocycles. The third kappa shape index (κ3) is 2.52. The van der Waals surface area contributed by atoms with E-state index in [1.54, 1.807) is 0 Å². The van der Waals surface area contributed by atoms with Gasteiger partial charge in [0.15, 0.2) is 0 Å². The van der Waals surface area contributed by atoms with Crippen molar-refractivity contribution in [3.8, 4) is 0 Å². The summed E-state index contributed by atoms with van der Waals surface area (Å²) >= 11 is 3.52. The average Bonchev–Trinajstić information content (AvgIpc) is 2.62. The van der Waals surface area contributed by atoms with Crippen LogP contribution in [-0.4, -0.2) is 5.16 Å². The molecule has 0 aliphatic rings. The lowest BCUT2D eigenvalue weighted by Gasteiger charge is -2.10. The van der Waals surface area contributed by atoms with E-state index in [0.29, 0.717) is 0 Å². The van der Waals surface area contributed by atoms with Crippen LogP contribution in [0.4, 0.5) is 5.69 Å². The van der Waals surface area contributed by atoms with Gasteiger partial charge in [0, 0.05) is 22.3 Å². The lowest BCUT2D eigenvalue weighted by molar-refractivity contribution is 0.392. The van der Waals surface area contributed by atoms with Crippen LogP contribution < -0.4 is 5.32 Å². The van der Waals surface area contributed by atoms with E-state index in [4.69, 9.17) is 4.52 Å². The lowest BCUT2D eigenvalue weighted by atomic mass is 10.1. The molecule has 0 bridgehead atoms. The maximum absolute atomic E-state index is 5.14. The molecule has 0 aliphatic heterocycles. The number of nitrogens with zero attached hydrogens (tertiary/aromatic N) is 1. The third-order valence-electron chi connectivity index (χ3n) is 2.90. The maximum atomic E-state index is 5.14. The minimum absolute atomic E-state index is 0.735. The highest BCUT2D eigenvalue weighted by Gasteiger charge is 2.09. The summed E-state index contributed by atoms with van der Waals surface area (Å²) in [5.74, 6) is 0.877. The Kier molecular flexibility index (Phi) is 3.52. The van der Waals surface area contributed by atoms with E-state index in [0.717, 1.165) is 33.7 Å². The first kappa shape index (κ1) is 12.2. The number of halogens is 1. The smallest absolute Gasteiger partial charge is 0.138 e. The summed E-state index contributed by atoms with van der Waals surface area (Å²) in [4.78, 5) is 0. The van der Waals surface area contributed by atoms with Gasteiger partial charge >= 0.3 is 0 Å². The van der Waals surface area contributed by atoms with Crippen molar-refractivity contribution in [2.75, 3.05) is 5.32 Å². The second-order valence-corrected chi connectivity index (χ2v) is 4.92. The number of aromatic nitrogens is 1. The van der Waals surface area contributed by atoms with Gasteiger partial charge in [0.2, 0.25) is 0 Å². The molecule has 1 N–H and O–H groups in total. The number of benzene rings is 1. The maximum Gasteiger partial charge on any atom is 0.138 e. The van der Waals surface area contributed by atoms with Crippen LogP contribution in [-0.2, 0) is 6.54 Å². The monoisotopic (exact) mass is 294 g/mol. The van der Waals surface area contributed by atoms with Crippen molar-refractivity contribution in [3.05, 3.63) is 45.3 Å². The van der Waals surface area contributed by atoms with Crippen molar-refractivity contribution >= 4 is 21.6 Å². The topological polar surface area (TPSA) is 38.1 Å². The summed E-state index contributed by atoms with van der Waals surface area (Å²) < 4.78 is 6.25. The number of rotatable bonds is 3. The summed E-state index contributed by atoms with van der Waals surface area (Å²) in [5, 5.41) is 7.35. The minimum atomic E-state index is 0.735. The molecule has 0 atom stereocenters. The third-order valence-corrected chi connectivity index (χ3v) is 3.76. The Morgan fingerprint density at radius 2 is 2.06 bits per heavy atom. The number of nitrogens with one attached hydrogen (secondary N) is 1. The van der Waals surface area contributed by atoms with E-state index in [-0.39, 0.29) is 0 Å². The number of hydrogen-bond acceptors (Lipinski definition) is 3. The van der Waals surface area contributed by atoms with Gasteiger partial charge in [0.25, 0.3) is 0 Å². The Hall–Kier alpha value is -1.29. The molecular formula is C13H15BrN2O. The number of anilines is 1. The molecule has 17 heavy (non-hydrogen) atoms. The summed E-state index contributed by atoms with van der Waals surface area (Å²) in [6, 6.07) is 6.13. The van der Waals surface area contributed by atoms with E-state index in [9.17, 15) is 0 Å². The fourth-order valence-electron chi connectivity index (χ4n) is 1.74. The second kappa shape index (κ2) is 4.92. The van der Waals surface area contributed by atoms with Gasteiger partial charge in [-0.3, -0.25) is 0 Å². The summed E-state index contributed by atoms with van der Waals surface area (Å²) in [7, 11) is 0. The fourth-order valence-corrected chi connectivity index (χ4v) is 2.10. The van der Waals surface area contributed by atoms with Crippen molar-refractivity contribution in [1.29, 1.82) is 0 Å². The van der Waals surface area contributed by atoms with E-state index in [1.807, 2.05) is 26.0 Å². The Morgan fingerprint density at radius 3 is 2.71 bits per heavy atom. The Bertz CT molecular complexity index is 515. The highest BCUT2D eigenvalue weighted by molar-refractivity contribution is 9.10.